The molecule has 0 bridgehead atoms. The van der Waals surface area contributed by atoms with E-state index in [0.717, 1.165) is 21.9 Å². The molecule has 3 aromatic carbocycles. The number of β-lactam (4-membered cyclic amide) rings is 1. The summed E-state index contributed by atoms with van der Waals surface area (Å²) in [6, 6.07) is 19.9. The van der Waals surface area contributed by atoms with Gasteiger partial charge in [0.15, 0.2) is 0 Å². The number of hydrogen-bond acceptors (Lipinski definition) is 2. The van der Waals surface area contributed by atoms with Crippen molar-refractivity contribution in [2.45, 2.75) is 38.4 Å². The molecule has 2 amide bonds. The molecule has 1 atom stereocenters. The third-order valence-corrected chi connectivity index (χ3v) is 5.68. The quantitative estimate of drug-likeness (QED) is 0.659. The zero-order valence-corrected chi connectivity index (χ0v) is 16.5. The summed E-state index contributed by atoms with van der Waals surface area (Å²) in [5, 5.41) is 5.20. The van der Waals surface area contributed by atoms with Crippen LogP contribution in [-0.4, -0.2) is 22.3 Å². The van der Waals surface area contributed by atoms with E-state index in [4.69, 9.17) is 0 Å². The molecule has 1 unspecified atom stereocenters. The number of nitrogens with one attached hydrogen (secondary N) is 1. The molecule has 4 rings (SSSR count). The maximum absolute atomic E-state index is 13.2. The van der Waals surface area contributed by atoms with Gasteiger partial charge in [-0.25, -0.2) is 4.39 Å². The number of amides is 2. The Labute approximate surface area is 169 Å². The van der Waals surface area contributed by atoms with Gasteiger partial charge in [-0.3, -0.25) is 9.59 Å². The molecule has 3 aromatic rings. The monoisotopic (exact) mass is 390 g/mol. The van der Waals surface area contributed by atoms with Crippen LogP contribution in [0.15, 0.2) is 66.7 Å². The van der Waals surface area contributed by atoms with Crippen LogP contribution in [0.2, 0.25) is 0 Å². The summed E-state index contributed by atoms with van der Waals surface area (Å²) in [5.41, 5.74) is 0.845. The van der Waals surface area contributed by atoms with Crippen molar-refractivity contribution in [3.63, 3.8) is 0 Å². The van der Waals surface area contributed by atoms with E-state index in [1.54, 1.807) is 30.9 Å². The highest BCUT2D eigenvalue weighted by atomic mass is 19.1. The molecule has 0 radical (unpaired) electrons. The van der Waals surface area contributed by atoms with Gasteiger partial charge in [-0.15, -0.1) is 0 Å². The summed E-state index contributed by atoms with van der Waals surface area (Å²) in [7, 11) is 0. The van der Waals surface area contributed by atoms with E-state index < -0.39 is 5.54 Å². The molecule has 1 fully saturated rings. The van der Waals surface area contributed by atoms with Crippen molar-refractivity contribution in [1.82, 2.24) is 10.2 Å². The van der Waals surface area contributed by atoms with Crippen molar-refractivity contribution in [2.24, 2.45) is 0 Å². The van der Waals surface area contributed by atoms with E-state index in [1.807, 2.05) is 42.5 Å². The average molecular weight is 390 g/mol. The molecule has 0 saturated carbocycles. The van der Waals surface area contributed by atoms with E-state index >= 15 is 0 Å². The second-order valence-electron chi connectivity index (χ2n) is 7.92. The van der Waals surface area contributed by atoms with Crippen molar-refractivity contribution in [1.29, 1.82) is 0 Å². The number of nitrogens with zero attached hydrogens (tertiary/aromatic N) is 1. The fourth-order valence-corrected chi connectivity index (χ4v) is 4.02. The van der Waals surface area contributed by atoms with Crippen molar-refractivity contribution in [3.8, 4) is 0 Å². The highest BCUT2D eigenvalue weighted by Gasteiger charge is 2.49. The summed E-state index contributed by atoms with van der Waals surface area (Å²) >= 11 is 0. The highest BCUT2D eigenvalue weighted by Crippen LogP contribution is 2.40. The number of benzene rings is 3. The Bertz CT molecular complexity index is 1070. The zero-order valence-electron chi connectivity index (χ0n) is 16.5. The standard InChI is InChI=1S/C24H23FN2O2/c1-24(2,27-21(14-22(27)28)17-10-12-19(25)13-11-17)23(29)26-15-18-8-5-7-16-6-3-4-9-20(16)18/h3-13,21H,14-15H2,1-2H3,(H,26,29). The van der Waals surface area contributed by atoms with E-state index in [1.165, 1.54) is 12.1 Å². The van der Waals surface area contributed by atoms with Gasteiger partial charge in [-0.2, -0.15) is 0 Å². The van der Waals surface area contributed by atoms with E-state index in [-0.39, 0.29) is 23.7 Å². The first-order valence-corrected chi connectivity index (χ1v) is 9.70. The Hall–Kier alpha value is -3.21. The Morgan fingerprint density at radius 2 is 1.76 bits per heavy atom. The Morgan fingerprint density at radius 3 is 2.48 bits per heavy atom. The normalized spacial score (nSPS) is 16.6. The van der Waals surface area contributed by atoms with Crippen LogP contribution in [0.1, 0.15) is 37.4 Å². The lowest BCUT2D eigenvalue weighted by atomic mass is 9.86. The van der Waals surface area contributed by atoms with Gasteiger partial charge in [0.2, 0.25) is 11.8 Å². The predicted octanol–water partition coefficient (Wildman–Crippen LogP) is 4.35. The van der Waals surface area contributed by atoms with Crippen LogP contribution < -0.4 is 5.32 Å². The average Bonchev–Trinajstić information content (AvgIpc) is 2.70. The number of hydrogen-bond donors (Lipinski definition) is 1. The summed E-state index contributed by atoms with van der Waals surface area (Å²) in [4.78, 5) is 27.0. The first-order valence-electron chi connectivity index (χ1n) is 9.70. The minimum atomic E-state index is -1.01. The van der Waals surface area contributed by atoms with Crippen molar-refractivity contribution in [3.05, 3.63) is 83.7 Å². The summed E-state index contributed by atoms with van der Waals surface area (Å²) < 4.78 is 13.2. The van der Waals surface area contributed by atoms with Crippen LogP contribution >= 0.6 is 0 Å². The van der Waals surface area contributed by atoms with Crippen LogP contribution in [0.3, 0.4) is 0 Å². The smallest absolute Gasteiger partial charge is 0.245 e. The molecule has 1 saturated heterocycles. The predicted molar refractivity (Wildman–Crippen MR) is 110 cm³/mol. The van der Waals surface area contributed by atoms with Crippen LogP contribution in [-0.2, 0) is 16.1 Å². The topological polar surface area (TPSA) is 49.4 Å². The van der Waals surface area contributed by atoms with Gasteiger partial charge >= 0.3 is 0 Å². The Balaban J connectivity index is 1.51. The van der Waals surface area contributed by atoms with Crippen molar-refractivity contribution in [2.75, 3.05) is 0 Å². The Morgan fingerprint density at radius 1 is 1.07 bits per heavy atom. The molecule has 1 aliphatic heterocycles. The molecule has 0 aromatic heterocycles. The third kappa shape index (κ3) is 3.48. The van der Waals surface area contributed by atoms with Gasteiger partial charge in [-0.05, 0) is 47.9 Å². The number of carbonyl (C=O) groups excluding carboxylic acids is 2. The Kier molecular flexibility index (Phi) is 4.82. The van der Waals surface area contributed by atoms with Gasteiger partial charge in [0.25, 0.3) is 0 Å². The number of halogens is 1. The van der Waals surface area contributed by atoms with Crippen molar-refractivity contribution < 1.29 is 14.0 Å². The van der Waals surface area contributed by atoms with E-state index in [0.29, 0.717) is 13.0 Å². The largest absolute Gasteiger partial charge is 0.350 e. The van der Waals surface area contributed by atoms with Gasteiger partial charge in [0, 0.05) is 6.54 Å². The van der Waals surface area contributed by atoms with E-state index in [2.05, 4.69) is 5.32 Å². The maximum Gasteiger partial charge on any atom is 0.245 e. The molecule has 4 nitrogen and oxygen atoms in total. The fourth-order valence-electron chi connectivity index (χ4n) is 4.02. The molecule has 1 N–H and O–H groups in total. The first kappa shape index (κ1) is 19.1. The maximum atomic E-state index is 13.2. The lowest BCUT2D eigenvalue weighted by Crippen LogP contribution is -2.63. The molecular weight excluding hydrogens is 367 g/mol. The van der Waals surface area contributed by atoms with Gasteiger partial charge < -0.3 is 10.2 Å². The van der Waals surface area contributed by atoms with Gasteiger partial charge in [0.1, 0.15) is 11.4 Å². The van der Waals surface area contributed by atoms with Gasteiger partial charge in [0.05, 0.1) is 12.5 Å². The van der Waals surface area contributed by atoms with Gasteiger partial charge in [-0.1, -0.05) is 54.6 Å². The van der Waals surface area contributed by atoms with Crippen LogP contribution in [0.25, 0.3) is 10.8 Å². The minimum absolute atomic E-state index is 0.0790. The van der Waals surface area contributed by atoms with Crippen LogP contribution in [0, 0.1) is 5.82 Å². The molecule has 0 spiro atoms. The summed E-state index contributed by atoms with van der Waals surface area (Å²) in [6.45, 7) is 3.88. The lowest BCUT2D eigenvalue weighted by molar-refractivity contribution is -0.162. The van der Waals surface area contributed by atoms with Crippen molar-refractivity contribution >= 4 is 22.6 Å². The molecule has 1 aliphatic rings. The first-order chi connectivity index (χ1) is 13.9. The molecular formula is C24H23FN2O2. The zero-order chi connectivity index (χ0) is 20.6. The molecule has 5 heteroatoms. The number of fused-ring (bicyclic) bond motifs is 1. The number of carbonyl (C=O) groups is 2. The molecule has 29 heavy (non-hydrogen) atoms. The third-order valence-electron chi connectivity index (χ3n) is 5.68. The lowest BCUT2D eigenvalue weighted by Gasteiger charge is -2.49. The highest BCUT2D eigenvalue weighted by molar-refractivity contribution is 5.94. The summed E-state index contributed by atoms with van der Waals surface area (Å²) in [5.74, 6) is -0.617. The fraction of sp³-hybridized carbons (Fsp3) is 0.250. The SMILES string of the molecule is CC(C)(C(=O)NCc1cccc2ccccc12)N1C(=O)CC1c1ccc(F)cc1. The number of likely N-dealkylation sites (tertiary alicyclic amines) is 1. The molecule has 1 heterocycles. The molecule has 148 valence electrons. The number of rotatable bonds is 5. The second kappa shape index (κ2) is 7.32. The summed E-state index contributed by atoms with van der Waals surface area (Å²) in [6.07, 6.45) is 0.325. The minimum Gasteiger partial charge on any atom is -0.350 e. The second-order valence-corrected chi connectivity index (χ2v) is 7.92. The van der Waals surface area contributed by atoms with E-state index in [9.17, 15) is 14.0 Å². The van der Waals surface area contributed by atoms with Crippen LogP contribution in [0.5, 0.6) is 0 Å². The van der Waals surface area contributed by atoms with Crippen LogP contribution in [0.4, 0.5) is 4.39 Å². The molecule has 0 aliphatic carbocycles.